The van der Waals surface area contributed by atoms with Crippen LogP contribution in [0.3, 0.4) is 0 Å². The summed E-state index contributed by atoms with van der Waals surface area (Å²) in [4.78, 5) is 28.1. The topological polar surface area (TPSA) is 106 Å². The molecular formula is C20H21Cl2N3O5S. The molecule has 1 atom stereocenters. The molecule has 1 aromatic heterocycles. The fraction of sp³-hybridized carbons (Fsp3) is 0.350. The highest BCUT2D eigenvalue weighted by atomic mass is 35.5. The van der Waals surface area contributed by atoms with Crippen molar-refractivity contribution in [1.82, 2.24) is 9.29 Å². The average Bonchev–Trinajstić information content (AvgIpc) is 2.74. The summed E-state index contributed by atoms with van der Waals surface area (Å²) >= 11 is 12.0. The van der Waals surface area contributed by atoms with E-state index >= 15 is 0 Å². The number of anilines is 1. The number of aromatic nitrogens is 1. The van der Waals surface area contributed by atoms with E-state index in [4.69, 9.17) is 27.9 Å². The number of nitrogens with one attached hydrogen (secondary N) is 1. The molecule has 3 rings (SSSR count). The van der Waals surface area contributed by atoms with E-state index in [9.17, 15) is 18.0 Å². The largest absolute Gasteiger partial charge is 0.452 e. The van der Waals surface area contributed by atoms with E-state index in [0.29, 0.717) is 13.1 Å². The minimum Gasteiger partial charge on any atom is -0.452 e. The molecule has 1 amide bonds. The van der Waals surface area contributed by atoms with E-state index in [0.717, 1.165) is 12.8 Å². The number of benzene rings is 1. The lowest BCUT2D eigenvalue weighted by Gasteiger charge is -2.30. The van der Waals surface area contributed by atoms with E-state index in [2.05, 4.69) is 10.3 Å². The van der Waals surface area contributed by atoms with E-state index in [1.807, 2.05) is 6.92 Å². The minimum absolute atomic E-state index is 0.0127. The van der Waals surface area contributed by atoms with Crippen LogP contribution in [-0.4, -0.2) is 49.3 Å². The summed E-state index contributed by atoms with van der Waals surface area (Å²) in [5.74, 6) is -1.23. The van der Waals surface area contributed by atoms with E-state index in [1.54, 1.807) is 12.1 Å². The monoisotopic (exact) mass is 485 g/mol. The molecule has 31 heavy (non-hydrogen) atoms. The van der Waals surface area contributed by atoms with Crippen LogP contribution >= 0.6 is 23.2 Å². The van der Waals surface area contributed by atoms with Gasteiger partial charge < -0.3 is 10.1 Å². The van der Waals surface area contributed by atoms with Crippen molar-refractivity contribution in [2.24, 2.45) is 5.92 Å². The number of pyridine rings is 1. The number of carbonyl (C=O) groups is 2. The summed E-state index contributed by atoms with van der Waals surface area (Å²) in [6.07, 6.45) is 3.18. The van der Waals surface area contributed by atoms with Crippen molar-refractivity contribution in [2.45, 2.75) is 24.7 Å². The maximum Gasteiger partial charge on any atom is 0.338 e. The van der Waals surface area contributed by atoms with Gasteiger partial charge in [0.05, 0.1) is 16.3 Å². The fourth-order valence-corrected chi connectivity index (χ4v) is 5.48. The number of carbonyl (C=O) groups excluding carboxylic acids is 2. The number of sulfonamides is 1. The number of ether oxygens (including phenoxy) is 1. The smallest absolute Gasteiger partial charge is 0.338 e. The van der Waals surface area contributed by atoms with Crippen LogP contribution in [0.5, 0.6) is 0 Å². The van der Waals surface area contributed by atoms with Gasteiger partial charge in [-0.2, -0.15) is 4.31 Å². The van der Waals surface area contributed by atoms with Crippen LogP contribution in [0.2, 0.25) is 10.2 Å². The molecule has 1 aromatic carbocycles. The normalized spacial score (nSPS) is 17.2. The Labute approximate surface area is 190 Å². The van der Waals surface area contributed by atoms with Crippen LogP contribution < -0.4 is 5.32 Å². The lowest BCUT2D eigenvalue weighted by Crippen LogP contribution is -2.39. The van der Waals surface area contributed by atoms with Gasteiger partial charge in [0.15, 0.2) is 11.8 Å². The highest BCUT2D eigenvalue weighted by molar-refractivity contribution is 7.89. The lowest BCUT2D eigenvalue weighted by molar-refractivity contribution is -0.119. The Morgan fingerprint density at radius 1 is 1.29 bits per heavy atom. The zero-order valence-corrected chi connectivity index (χ0v) is 19.0. The first-order valence-corrected chi connectivity index (χ1v) is 11.8. The van der Waals surface area contributed by atoms with E-state index < -0.39 is 28.5 Å². The van der Waals surface area contributed by atoms with Crippen LogP contribution in [0, 0.1) is 5.92 Å². The Balaban J connectivity index is 1.69. The summed E-state index contributed by atoms with van der Waals surface area (Å²) in [5.41, 5.74) is 0.251. The van der Waals surface area contributed by atoms with Gasteiger partial charge in [0.25, 0.3) is 5.91 Å². The summed E-state index contributed by atoms with van der Waals surface area (Å²) in [6.45, 7) is 2.19. The number of hydrogen-bond acceptors (Lipinski definition) is 6. The van der Waals surface area contributed by atoms with Crippen molar-refractivity contribution in [3.8, 4) is 0 Å². The molecule has 0 aliphatic carbocycles. The summed E-state index contributed by atoms with van der Waals surface area (Å²) in [7, 11) is -3.87. The first-order chi connectivity index (χ1) is 14.7. The molecule has 1 fully saturated rings. The predicted octanol–water partition coefficient (Wildman–Crippen LogP) is 3.60. The van der Waals surface area contributed by atoms with Crippen LogP contribution in [0.4, 0.5) is 5.69 Å². The van der Waals surface area contributed by atoms with Gasteiger partial charge in [0.2, 0.25) is 10.0 Å². The lowest BCUT2D eigenvalue weighted by atomic mass is 10.0. The van der Waals surface area contributed by atoms with Gasteiger partial charge in [-0.15, -0.1) is 0 Å². The quantitative estimate of drug-likeness (QED) is 0.494. The number of nitrogens with zero attached hydrogens (tertiary/aromatic N) is 2. The van der Waals surface area contributed by atoms with Crippen molar-refractivity contribution in [3.63, 3.8) is 0 Å². The molecule has 2 aromatic rings. The van der Waals surface area contributed by atoms with Crippen molar-refractivity contribution in [2.75, 3.05) is 25.0 Å². The summed E-state index contributed by atoms with van der Waals surface area (Å²) in [6, 6.07) is 6.99. The van der Waals surface area contributed by atoms with Crippen molar-refractivity contribution >= 4 is 50.8 Å². The average molecular weight is 486 g/mol. The molecule has 166 valence electrons. The molecule has 0 bridgehead atoms. The Morgan fingerprint density at radius 3 is 2.77 bits per heavy atom. The number of piperidine rings is 1. The van der Waals surface area contributed by atoms with Crippen LogP contribution in [-0.2, 0) is 19.6 Å². The Morgan fingerprint density at radius 2 is 2.06 bits per heavy atom. The molecule has 11 heteroatoms. The second-order valence-electron chi connectivity index (χ2n) is 7.22. The van der Waals surface area contributed by atoms with Crippen molar-refractivity contribution < 1.29 is 22.7 Å². The molecule has 8 nitrogen and oxygen atoms in total. The Bertz CT molecular complexity index is 1090. The van der Waals surface area contributed by atoms with Gasteiger partial charge in [-0.05, 0) is 49.1 Å². The molecule has 1 saturated heterocycles. The third-order valence-electron chi connectivity index (χ3n) is 4.77. The minimum atomic E-state index is -3.87. The van der Waals surface area contributed by atoms with E-state index in [1.165, 1.54) is 28.7 Å². The molecule has 1 aliphatic heterocycles. The van der Waals surface area contributed by atoms with Gasteiger partial charge >= 0.3 is 5.97 Å². The first kappa shape index (κ1) is 23.5. The van der Waals surface area contributed by atoms with Gasteiger partial charge in [0, 0.05) is 19.3 Å². The van der Waals surface area contributed by atoms with Gasteiger partial charge in [-0.25, -0.2) is 18.2 Å². The van der Waals surface area contributed by atoms with Crippen LogP contribution in [0.25, 0.3) is 0 Å². The summed E-state index contributed by atoms with van der Waals surface area (Å²) < 4.78 is 32.5. The third-order valence-corrected chi connectivity index (χ3v) is 7.42. The molecule has 2 heterocycles. The Kier molecular flexibility index (Phi) is 7.53. The maximum atomic E-state index is 13.0. The van der Waals surface area contributed by atoms with Crippen molar-refractivity contribution in [1.29, 1.82) is 0 Å². The highest BCUT2D eigenvalue weighted by Crippen LogP contribution is 2.29. The molecular weight excluding hydrogens is 465 g/mol. The van der Waals surface area contributed by atoms with Gasteiger partial charge in [0.1, 0.15) is 4.90 Å². The first-order valence-electron chi connectivity index (χ1n) is 9.55. The third kappa shape index (κ3) is 5.74. The molecule has 0 unspecified atom stereocenters. The molecule has 0 spiro atoms. The zero-order chi connectivity index (χ0) is 22.6. The SMILES string of the molecule is C[C@@H]1CCCN(S(=O)(=O)c2cc(C(=O)OCC(=O)Nc3cccnc3Cl)ccc2Cl)C1. The fourth-order valence-electron chi connectivity index (χ4n) is 3.21. The summed E-state index contributed by atoms with van der Waals surface area (Å²) in [5, 5.41) is 2.59. The van der Waals surface area contributed by atoms with Gasteiger partial charge in [-0.3, -0.25) is 4.79 Å². The second-order valence-corrected chi connectivity index (χ2v) is 9.89. The molecule has 1 N–H and O–H groups in total. The predicted molar refractivity (Wildman–Crippen MR) is 117 cm³/mol. The maximum absolute atomic E-state index is 13.0. The van der Waals surface area contributed by atoms with Crippen LogP contribution in [0.15, 0.2) is 41.4 Å². The number of amides is 1. The number of esters is 1. The molecule has 0 radical (unpaired) electrons. The zero-order valence-electron chi connectivity index (χ0n) is 16.7. The van der Waals surface area contributed by atoms with Gasteiger partial charge in [-0.1, -0.05) is 30.1 Å². The van der Waals surface area contributed by atoms with E-state index in [-0.39, 0.29) is 32.2 Å². The van der Waals surface area contributed by atoms with Crippen LogP contribution in [0.1, 0.15) is 30.1 Å². The highest BCUT2D eigenvalue weighted by Gasteiger charge is 2.31. The standard InChI is InChI=1S/C20H21Cl2N3O5S/c1-13-4-3-9-25(11-13)31(28,29)17-10-14(6-7-15(17)21)20(27)30-12-18(26)24-16-5-2-8-23-19(16)22/h2,5-8,10,13H,3-4,9,11-12H2,1H3,(H,24,26)/t13-/m1/s1. The molecule has 1 aliphatic rings. The van der Waals surface area contributed by atoms with Crippen molar-refractivity contribution in [3.05, 3.63) is 52.3 Å². The second kappa shape index (κ2) is 9.95. The molecule has 0 saturated carbocycles. The number of hydrogen-bond donors (Lipinski definition) is 1. The Hall–Kier alpha value is -2.20. The number of rotatable bonds is 6. The number of halogens is 2.